The third-order valence-corrected chi connectivity index (χ3v) is 6.21. The van der Waals surface area contributed by atoms with Crippen LogP contribution in [0.1, 0.15) is 65.2 Å². The molecule has 2 aromatic rings. The number of H-pyrrole nitrogens is 1. The number of nitrogens with zero attached hydrogens (tertiary/aromatic N) is 1. The largest absolute Gasteiger partial charge is 0.454 e. The lowest BCUT2D eigenvalue weighted by Gasteiger charge is -2.15. The van der Waals surface area contributed by atoms with Gasteiger partial charge in [0, 0.05) is 25.6 Å². The van der Waals surface area contributed by atoms with E-state index < -0.39 is 0 Å². The van der Waals surface area contributed by atoms with Gasteiger partial charge in [0.15, 0.2) is 16.3 Å². The highest BCUT2D eigenvalue weighted by Gasteiger charge is 2.17. The molecule has 2 N–H and O–H groups in total. The van der Waals surface area contributed by atoms with Crippen molar-refractivity contribution in [2.75, 3.05) is 13.3 Å². The van der Waals surface area contributed by atoms with Crippen molar-refractivity contribution in [2.45, 2.75) is 71.8 Å². The molecule has 1 aromatic carbocycles. The second-order valence-electron chi connectivity index (χ2n) is 8.17. The van der Waals surface area contributed by atoms with Gasteiger partial charge in [-0.1, -0.05) is 39.5 Å². The molecule has 31 heavy (non-hydrogen) atoms. The van der Waals surface area contributed by atoms with E-state index in [1.807, 2.05) is 0 Å². The summed E-state index contributed by atoms with van der Waals surface area (Å²) in [5, 5.41) is 3.61. The maximum absolute atomic E-state index is 12.9. The standard InChI is InChI=1S/C23H33N3O4S/c1-3-5-9-16(4-2)14-24-21(27)10-7-6-8-11-26-22(28)17-12-19-20(30-15-29-19)13-18(17)25-23(26)31/h12-13,16H,3-11,14-15H2,1-2H3,(H,24,27)(H,25,31)/t16-/m1/s1. The molecule has 1 aliphatic rings. The fourth-order valence-electron chi connectivity index (χ4n) is 3.87. The summed E-state index contributed by atoms with van der Waals surface area (Å²) in [7, 11) is 0. The molecule has 3 rings (SSSR count). The predicted octanol–water partition coefficient (Wildman–Crippen LogP) is 4.68. The second kappa shape index (κ2) is 11.3. The zero-order valence-electron chi connectivity index (χ0n) is 18.5. The van der Waals surface area contributed by atoms with E-state index in [9.17, 15) is 9.59 Å². The van der Waals surface area contributed by atoms with E-state index in [1.165, 1.54) is 19.3 Å². The Morgan fingerprint density at radius 2 is 1.97 bits per heavy atom. The molecule has 7 nitrogen and oxygen atoms in total. The number of carbonyl (C=O) groups excluding carboxylic acids is 1. The van der Waals surface area contributed by atoms with Gasteiger partial charge < -0.3 is 19.8 Å². The lowest BCUT2D eigenvalue weighted by atomic mass is 9.99. The maximum Gasteiger partial charge on any atom is 0.262 e. The van der Waals surface area contributed by atoms with E-state index in [-0.39, 0.29) is 18.3 Å². The number of hydrogen-bond acceptors (Lipinski definition) is 5. The van der Waals surface area contributed by atoms with Gasteiger partial charge in [0.05, 0.1) is 10.9 Å². The minimum Gasteiger partial charge on any atom is -0.454 e. The molecule has 0 spiro atoms. The van der Waals surface area contributed by atoms with E-state index >= 15 is 0 Å². The van der Waals surface area contributed by atoms with Crippen LogP contribution < -0.4 is 20.3 Å². The molecule has 1 atom stereocenters. The van der Waals surface area contributed by atoms with Gasteiger partial charge in [-0.25, -0.2) is 0 Å². The van der Waals surface area contributed by atoms with Crippen molar-refractivity contribution in [1.29, 1.82) is 0 Å². The number of hydrogen-bond donors (Lipinski definition) is 2. The summed E-state index contributed by atoms with van der Waals surface area (Å²) in [6, 6.07) is 3.46. The zero-order chi connectivity index (χ0) is 22.2. The van der Waals surface area contributed by atoms with Crippen LogP contribution in [0.25, 0.3) is 10.9 Å². The van der Waals surface area contributed by atoms with Gasteiger partial charge in [-0.05, 0) is 43.5 Å². The van der Waals surface area contributed by atoms with Crippen molar-refractivity contribution in [2.24, 2.45) is 5.92 Å². The lowest BCUT2D eigenvalue weighted by molar-refractivity contribution is -0.121. The minimum absolute atomic E-state index is 0.117. The fourth-order valence-corrected chi connectivity index (χ4v) is 4.15. The summed E-state index contributed by atoms with van der Waals surface area (Å²) in [5.74, 6) is 1.88. The van der Waals surface area contributed by atoms with Crippen molar-refractivity contribution in [3.63, 3.8) is 0 Å². The highest BCUT2D eigenvalue weighted by molar-refractivity contribution is 7.71. The van der Waals surface area contributed by atoms with Gasteiger partial charge in [-0.15, -0.1) is 0 Å². The summed E-state index contributed by atoms with van der Waals surface area (Å²) in [6.45, 7) is 5.83. The van der Waals surface area contributed by atoms with Crippen LogP contribution in [0.5, 0.6) is 11.5 Å². The number of carbonyl (C=O) groups is 1. The third-order valence-electron chi connectivity index (χ3n) is 5.89. The smallest absolute Gasteiger partial charge is 0.262 e. The Morgan fingerprint density at radius 3 is 2.71 bits per heavy atom. The van der Waals surface area contributed by atoms with Crippen LogP contribution in [0.4, 0.5) is 0 Å². The first kappa shape index (κ1) is 23.3. The van der Waals surface area contributed by atoms with Crippen LogP contribution in [-0.2, 0) is 11.3 Å². The number of aromatic nitrogens is 2. The molecular formula is C23H33N3O4S. The topological polar surface area (TPSA) is 85.4 Å². The second-order valence-corrected chi connectivity index (χ2v) is 8.56. The van der Waals surface area contributed by atoms with Crippen molar-refractivity contribution in [3.8, 4) is 11.5 Å². The predicted molar refractivity (Wildman–Crippen MR) is 124 cm³/mol. The number of fused-ring (bicyclic) bond motifs is 2. The Balaban J connectivity index is 1.46. The van der Waals surface area contributed by atoms with Crippen LogP contribution >= 0.6 is 12.2 Å². The Hall–Kier alpha value is -2.35. The maximum atomic E-state index is 12.9. The van der Waals surface area contributed by atoms with Crippen LogP contribution in [0.15, 0.2) is 16.9 Å². The van der Waals surface area contributed by atoms with Gasteiger partial charge in [0.1, 0.15) is 0 Å². The molecule has 0 saturated carbocycles. The lowest BCUT2D eigenvalue weighted by Crippen LogP contribution is -2.29. The van der Waals surface area contributed by atoms with Crippen molar-refractivity contribution >= 4 is 29.0 Å². The number of ether oxygens (including phenoxy) is 2. The Labute approximate surface area is 188 Å². The Morgan fingerprint density at radius 1 is 1.19 bits per heavy atom. The first-order valence-corrected chi connectivity index (χ1v) is 11.8. The summed E-state index contributed by atoms with van der Waals surface area (Å²) in [6.07, 6.45) is 7.66. The van der Waals surface area contributed by atoms with Crippen LogP contribution in [0.3, 0.4) is 0 Å². The SMILES string of the molecule is CCCC[C@@H](CC)CNC(=O)CCCCCn1c(=S)[nH]c2cc3c(cc2c1=O)OCO3. The van der Waals surface area contributed by atoms with Crippen LogP contribution in [-0.4, -0.2) is 28.8 Å². The molecule has 0 radical (unpaired) electrons. The number of unbranched alkanes of at least 4 members (excludes halogenated alkanes) is 3. The third kappa shape index (κ3) is 6.09. The first-order chi connectivity index (χ1) is 15.0. The molecular weight excluding hydrogens is 414 g/mol. The van der Waals surface area contributed by atoms with Crippen molar-refractivity contribution < 1.29 is 14.3 Å². The van der Waals surface area contributed by atoms with E-state index in [4.69, 9.17) is 21.7 Å². The molecule has 8 heteroatoms. The summed E-state index contributed by atoms with van der Waals surface area (Å²) in [4.78, 5) is 28.1. The average Bonchev–Trinajstić information content (AvgIpc) is 3.22. The Bertz CT molecular complexity index is 1010. The van der Waals surface area contributed by atoms with Crippen LogP contribution in [0, 0.1) is 10.7 Å². The molecule has 1 aliphatic heterocycles. The number of aromatic amines is 1. The van der Waals surface area contributed by atoms with E-state index in [0.717, 1.165) is 32.2 Å². The van der Waals surface area contributed by atoms with Gasteiger partial charge >= 0.3 is 0 Å². The van der Waals surface area contributed by atoms with Gasteiger partial charge in [0.25, 0.3) is 5.56 Å². The molecule has 0 saturated heterocycles. The van der Waals surface area contributed by atoms with Gasteiger partial charge in [0.2, 0.25) is 12.7 Å². The summed E-state index contributed by atoms with van der Waals surface area (Å²) >= 11 is 5.39. The number of benzene rings is 1. The van der Waals surface area contributed by atoms with Gasteiger partial charge in [-0.3, -0.25) is 14.2 Å². The molecule has 2 heterocycles. The minimum atomic E-state index is -0.132. The monoisotopic (exact) mass is 447 g/mol. The quantitative estimate of drug-likeness (QED) is 0.364. The highest BCUT2D eigenvalue weighted by atomic mass is 32.1. The van der Waals surface area contributed by atoms with E-state index in [1.54, 1.807) is 16.7 Å². The van der Waals surface area contributed by atoms with Crippen molar-refractivity contribution in [3.05, 3.63) is 27.3 Å². The van der Waals surface area contributed by atoms with Crippen LogP contribution in [0.2, 0.25) is 0 Å². The Kier molecular flexibility index (Phi) is 8.51. The number of amides is 1. The first-order valence-electron chi connectivity index (χ1n) is 11.4. The van der Waals surface area contributed by atoms with E-state index in [0.29, 0.717) is 46.1 Å². The molecule has 1 amide bonds. The number of rotatable bonds is 12. The number of nitrogens with one attached hydrogen (secondary N) is 2. The summed E-state index contributed by atoms with van der Waals surface area (Å²) < 4.78 is 12.7. The van der Waals surface area contributed by atoms with Gasteiger partial charge in [-0.2, -0.15) is 0 Å². The zero-order valence-corrected chi connectivity index (χ0v) is 19.3. The molecule has 0 fully saturated rings. The highest BCUT2D eigenvalue weighted by Crippen LogP contribution is 2.34. The molecule has 0 bridgehead atoms. The molecule has 170 valence electrons. The van der Waals surface area contributed by atoms with E-state index in [2.05, 4.69) is 24.1 Å². The fraction of sp³-hybridized carbons (Fsp3) is 0.609. The average molecular weight is 448 g/mol. The molecule has 1 aromatic heterocycles. The summed E-state index contributed by atoms with van der Waals surface area (Å²) in [5.41, 5.74) is 0.518. The van der Waals surface area contributed by atoms with Crippen molar-refractivity contribution in [1.82, 2.24) is 14.9 Å². The molecule has 0 aliphatic carbocycles. The molecule has 0 unspecified atom stereocenters. The normalized spacial score (nSPS) is 13.5.